The van der Waals surface area contributed by atoms with Crippen molar-refractivity contribution in [3.8, 4) is 0 Å². The smallest absolute Gasteiger partial charge is 0.328 e. The number of rotatable bonds is 8. The summed E-state index contributed by atoms with van der Waals surface area (Å²) in [6, 6.07) is 20.6. The first-order chi connectivity index (χ1) is 20.9. The molecule has 8 nitrogen and oxygen atoms in total. The Kier molecular flexibility index (Phi) is 8.33. The van der Waals surface area contributed by atoms with E-state index in [1.807, 2.05) is 24.3 Å². The number of fused-ring (bicyclic) bond motifs is 1. The molecule has 1 aromatic heterocycles. The number of nitrogens with zero attached hydrogens (tertiary/aromatic N) is 3. The van der Waals surface area contributed by atoms with Gasteiger partial charge in [-0.15, -0.1) is 0 Å². The average molecular weight is 583 g/mol. The maximum Gasteiger partial charge on any atom is 0.328 e. The molecule has 0 unspecified atom stereocenters. The van der Waals surface area contributed by atoms with Gasteiger partial charge in [0.15, 0.2) is 11.6 Å². The zero-order chi connectivity index (χ0) is 29.9. The Hall–Kier alpha value is -4.37. The molecule has 0 amide bonds. The zero-order valence-corrected chi connectivity index (χ0v) is 24.0. The van der Waals surface area contributed by atoms with Gasteiger partial charge in [-0.25, -0.2) is 9.18 Å². The summed E-state index contributed by atoms with van der Waals surface area (Å²) >= 11 is 0. The van der Waals surface area contributed by atoms with E-state index in [9.17, 15) is 23.6 Å². The standard InChI is InChI=1S/C34H35FN4O4/c35-27-9-5-23(6-10-27)31(40)26-15-19-38(20-16-26)28-11-7-24(8-12-28)32(41)25-13-17-37(18-14-25)21-22-39-33(42)29-3-1-2-4-30(29)36-34(39)43/h1-12,25-26H,13-22H2,(H,36,43). The second kappa shape index (κ2) is 12.5. The fourth-order valence-corrected chi connectivity index (χ4v) is 6.38. The molecule has 2 aliphatic heterocycles. The van der Waals surface area contributed by atoms with E-state index >= 15 is 0 Å². The fraction of sp³-hybridized carbons (Fsp3) is 0.353. The zero-order valence-electron chi connectivity index (χ0n) is 24.0. The Morgan fingerprint density at radius 2 is 1.28 bits per heavy atom. The number of hydrogen-bond acceptors (Lipinski definition) is 6. The summed E-state index contributed by atoms with van der Waals surface area (Å²) in [5.74, 6) is -0.242. The molecule has 4 aromatic rings. The number of hydrogen-bond donors (Lipinski definition) is 1. The van der Waals surface area contributed by atoms with Crippen molar-refractivity contribution in [1.29, 1.82) is 0 Å². The maximum atomic E-state index is 13.3. The third-order valence-electron chi connectivity index (χ3n) is 9.00. The van der Waals surface area contributed by atoms with Crippen LogP contribution in [0.15, 0.2) is 82.4 Å². The molecule has 222 valence electrons. The molecule has 0 atom stereocenters. The van der Waals surface area contributed by atoms with Crippen molar-refractivity contribution in [2.24, 2.45) is 11.8 Å². The van der Waals surface area contributed by atoms with Gasteiger partial charge in [0.05, 0.1) is 10.9 Å². The lowest BCUT2D eigenvalue weighted by molar-refractivity contribution is 0.0836. The van der Waals surface area contributed by atoms with Gasteiger partial charge in [0, 0.05) is 54.8 Å². The molecule has 2 fully saturated rings. The first kappa shape index (κ1) is 28.7. The van der Waals surface area contributed by atoms with Crippen molar-refractivity contribution < 1.29 is 14.0 Å². The van der Waals surface area contributed by atoms with Crippen LogP contribution in [0.4, 0.5) is 10.1 Å². The van der Waals surface area contributed by atoms with Crippen LogP contribution in [0.25, 0.3) is 10.9 Å². The number of anilines is 1. The number of para-hydroxylation sites is 1. The SMILES string of the molecule is O=C(c1ccc(N2CCC(C(=O)c3ccc(F)cc3)CC2)cc1)C1CCN(CCn2c(=O)[nH]c3ccccc3c2=O)CC1. The van der Waals surface area contributed by atoms with E-state index in [-0.39, 0.29) is 34.8 Å². The van der Waals surface area contributed by atoms with Gasteiger partial charge in [0.1, 0.15) is 5.82 Å². The third-order valence-corrected chi connectivity index (χ3v) is 9.00. The van der Waals surface area contributed by atoms with Gasteiger partial charge in [-0.1, -0.05) is 12.1 Å². The Morgan fingerprint density at radius 3 is 1.91 bits per heavy atom. The number of nitrogens with one attached hydrogen (secondary N) is 1. The summed E-state index contributed by atoms with van der Waals surface area (Å²) < 4.78 is 14.5. The van der Waals surface area contributed by atoms with Crippen LogP contribution in [-0.4, -0.2) is 58.7 Å². The number of likely N-dealkylation sites (tertiary alicyclic amines) is 1. The number of benzene rings is 3. The van der Waals surface area contributed by atoms with E-state index in [1.165, 1.54) is 16.7 Å². The van der Waals surface area contributed by atoms with E-state index in [1.54, 1.807) is 36.4 Å². The molecule has 3 aromatic carbocycles. The van der Waals surface area contributed by atoms with E-state index < -0.39 is 5.69 Å². The fourth-order valence-electron chi connectivity index (χ4n) is 6.38. The van der Waals surface area contributed by atoms with Crippen LogP contribution < -0.4 is 16.1 Å². The Balaban J connectivity index is 0.986. The molecule has 9 heteroatoms. The van der Waals surface area contributed by atoms with Crippen molar-refractivity contribution in [2.45, 2.75) is 32.2 Å². The van der Waals surface area contributed by atoms with E-state index in [2.05, 4.69) is 14.8 Å². The summed E-state index contributed by atoms with van der Waals surface area (Å²) in [5.41, 5.74) is 2.16. The molecule has 1 N–H and O–H groups in total. The number of aromatic nitrogens is 2. The first-order valence-corrected chi connectivity index (χ1v) is 15.0. The van der Waals surface area contributed by atoms with Crippen molar-refractivity contribution in [3.63, 3.8) is 0 Å². The predicted octanol–water partition coefficient (Wildman–Crippen LogP) is 4.52. The lowest BCUT2D eigenvalue weighted by atomic mass is 9.88. The van der Waals surface area contributed by atoms with Crippen molar-refractivity contribution in [3.05, 3.63) is 111 Å². The number of carbonyl (C=O) groups is 2. The molecule has 0 radical (unpaired) electrons. The average Bonchev–Trinajstić information content (AvgIpc) is 3.05. The van der Waals surface area contributed by atoms with Crippen LogP contribution in [0.2, 0.25) is 0 Å². The van der Waals surface area contributed by atoms with Crippen LogP contribution in [0.1, 0.15) is 46.4 Å². The molecular formula is C34H35FN4O4. The van der Waals surface area contributed by atoms with Crippen molar-refractivity contribution >= 4 is 28.2 Å². The number of ketones is 2. The highest BCUT2D eigenvalue weighted by Gasteiger charge is 2.28. The molecule has 43 heavy (non-hydrogen) atoms. The van der Waals surface area contributed by atoms with E-state index in [4.69, 9.17) is 0 Å². The number of piperidine rings is 2. The molecule has 2 saturated heterocycles. The van der Waals surface area contributed by atoms with E-state index in [0.717, 1.165) is 57.5 Å². The summed E-state index contributed by atoms with van der Waals surface area (Å²) in [4.78, 5) is 58.6. The minimum absolute atomic E-state index is 0.0536. The molecule has 2 aliphatic rings. The number of aromatic amines is 1. The third kappa shape index (κ3) is 6.22. The second-order valence-corrected chi connectivity index (χ2v) is 11.6. The van der Waals surface area contributed by atoms with Gasteiger partial charge in [-0.2, -0.15) is 0 Å². The van der Waals surface area contributed by atoms with Crippen LogP contribution in [-0.2, 0) is 6.54 Å². The molecule has 0 saturated carbocycles. The molecule has 0 spiro atoms. The highest BCUT2D eigenvalue weighted by Crippen LogP contribution is 2.28. The van der Waals surface area contributed by atoms with Crippen LogP contribution in [0, 0.1) is 17.7 Å². The maximum absolute atomic E-state index is 13.3. The quantitative estimate of drug-likeness (QED) is 0.307. The molecule has 3 heterocycles. The van der Waals surface area contributed by atoms with Crippen LogP contribution in [0.3, 0.4) is 0 Å². The van der Waals surface area contributed by atoms with Crippen LogP contribution in [0.5, 0.6) is 0 Å². The number of halogens is 1. The van der Waals surface area contributed by atoms with Gasteiger partial charge in [0.25, 0.3) is 5.56 Å². The topological polar surface area (TPSA) is 95.5 Å². The minimum Gasteiger partial charge on any atom is -0.371 e. The Labute approximate surface area is 248 Å². The largest absolute Gasteiger partial charge is 0.371 e. The summed E-state index contributed by atoms with van der Waals surface area (Å²) in [6.45, 7) is 3.85. The predicted molar refractivity (Wildman–Crippen MR) is 164 cm³/mol. The van der Waals surface area contributed by atoms with Gasteiger partial charge in [-0.05, 0) is 99.4 Å². The lowest BCUT2D eigenvalue weighted by Gasteiger charge is -2.33. The first-order valence-electron chi connectivity index (χ1n) is 15.0. The van der Waals surface area contributed by atoms with Crippen molar-refractivity contribution in [1.82, 2.24) is 14.5 Å². The number of carbonyl (C=O) groups excluding carboxylic acids is 2. The summed E-state index contributed by atoms with van der Waals surface area (Å²) in [5, 5.41) is 0.499. The summed E-state index contributed by atoms with van der Waals surface area (Å²) in [6.07, 6.45) is 2.94. The highest BCUT2D eigenvalue weighted by atomic mass is 19.1. The van der Waals surface area contributed by atoms with Gasteiger partial charge in [-0.3, -0.25) is 19.0 Å². The molecule has 0 aliphatic carbocycles. The summed E-state index contributed by atoms with van der Waals surface area (Å²) in [7, 11) is 0. The Bertz CT molecular complexity index is 1730. The van der Waals surface area contributed by atoms with E-state index in [0.29, 0.717) is 35.1 Å². The van der Waals surface area contributed by atoms with Gasteiger partial charge < -0.3 is 14.8 Å². The molecule has 6 rings (SSSR count). The lowest BCUT2D eigenvalue weighted by Crippen LogP contribution is -2.42. The Morgan fingerprint density at radius 1 is 0.721 bits per heavy atom. The number of Topliss-reactive ketones (excluding diaryl/α,β-unsaturated/α-hetero) is 2. The second-order valence-electron chi connectivity index (χ2n) is 11.6. The minimum atomic E-state index is -0.403. The van der Waals surface area contributed by atoms with Crippen LogP contribution >= 0.6 is 0 Å². The number of H-pyrrole nitrogens is 1. The highest BCUT2D eigenvalue weighted by molar-refractivity contribution is 5.98. The van der Waals surface area contributed by atoms with Gasteiger partial charge >= 0.3 is 5.69 Å². The molecular weight excluding hydrogens is 547 g/mol. The van der Waals surface area contributed by atoms with Crippen molar-refractivity contribution in [2.75, 3.05) is 37.6 Å². The van der Waals surface area contributed by atoms with Gasteiger partial charge in [0.2, 0.25) is 0 Å². The normalized spacial score (nSPS) is 16.9. The monoisotopic (exact) mass is 582 g/mol. The molecule has 0 bridgehead atoms.